The molecule has 1 fully saturated rings. The highest BCUT2D eigenvalue weighted by Gasteiger charge is 2.19. The first-order chi connectivity index (χ1) is 13.2. The number of hydrogen-bond donors (Lipinski definition) is 0. The Kier molecular flexibility index (Phi) is 7.11. The number of piperidine rings is 1. The molecule has 8 heteroatoms. The molecule has 0 bridgehead atoms. The van der Waals surface area contributed by atoms with E-state index in [4.69, 9.17) is 9.47 Å². The number of aromatic nitrogens is 3. The minimum atomic E-state index is 0.173. The van der Waals surface area contributed by atoms with Gasteiger partial charge in [0.25, 0.3) is 0 Å². The van der Waals surface area contributed by atoms with Gasteiger partial charge in [0, 0.05) is 25.8 Å². The molecule has 27 heavy (non-hydrogen) atoms. The summed E-state index contributed by atoms with van der Waals surface area (Å²) in [5.74, 6) is 2.12. The Morgan fingerprint density at radius 1 is 1.11 bits per heavy atom. The van der Waals surface area contributed by atoms with Gasteiger partial charge in [0.05, 0.1) is 26.0 Å². The summed E-state index contributed by atoms with van der Waals surface area (Å²) in [6.07, 6.45) is 3.41. The van der Waals surface area contributed by atoms with Crippen molar-refractivity contribution in [1.29, 1.82) is 0 Å². The lowest BCUT2D eigenvalue weighted by Gasteiger charge is -2.26. The first-order valence-corrected chi connectivity index (χ1v) is 10.2. The Morgan fingerprint density at radius 3 is 2.52 bits per heavy atom. The predicted octanol–water partition coefficient (Wildman–Crippen LogP) is 2.70. The smallest absolute Gasteiger partial charge is 0.233 e. The van der Waals surface area contributed by atoms with E-state index in [0.717, 1.165) is 48.2 Å². The number of amides is 1. The van der Waals surface area contributed by atoms with Crippen molar-refractivity contribution in [2.45, 2.75) is 31.0 Å². The largest absolute Gasteiger partial charge is 0.497 e. The number of benzene rings is 1. The van der Waals surface area contributed by atoms with Crippen LogP contribution in [-0.2, 0) is 16.1 Å². The number of thioether (sulfide) groups is 1. The number of likely N-dealkylation sites (tertiary alicyclic amines) is 1. The van der Waals surface area contributed by atoms with Crippen LogP contribution in [0.25, 0.3) is 11.4 Å². The van der Waals surface area contributed by atoms with Crippen LogP contribution >= 0.6 is 11.8 Å². The average Bonchev–Trinajstić information content (AvgIpc) is 3.13. The summed E-state index contributed by atoms with van der Waals surface area (Å²) in [6, 6.07) is 7.72. The molecule has 0 unspecified atom stereocenters. The van der Waals surface area contributed by atoms with Gasteiger partial charge >= 0.3 is 0 Å². The zero-order valence-electron chi connectivity index (χ0n) is 15.9. The quantitative estimate of drug-likeness (QED) is 0.646. The topological polar surface area (TPSA) is 69.5 Å². The highest BCUT2D eigenvalue weighted by molar-refractivity contribution is 7.99. The number of nitrogens with zero attached hydrogens (tertiary/aromatic N) is 4. The van der Waals surface area contributed by atoms with Gasteiger partial charge < -0.3 is 14.4 Å². The molecule has 1 saturated heterocycles. The molecule has 0 spiro atoms. The fourth-order valence-corrected chi connectivity index (χ4v) is 3.96. The van der Waals surface area contributed by atoms with Crippen LogP contribution in [0.2, 0.25) is 0 Å². The van der Waals surface area contributed by atoms with Crippen LogP contribution in [0.15, 0.2) is 29.4 Å². The van der Waals surface area contributed by atoms with Gasteiger partial charge in [-0.05, 0) is 43.5 Å². The maximum Gasteiger partial charge on any atom is 0.233 e. The van der Waals surface area contributed by atoms with Crippen LogP contribution in [0.5, 0.6) is 5.75 Å². The molecule has 0 N–H and O–H groups in total. The van der Waals surface area contributed by atoms with Crippen LogP contribution in [0.4, 0.5) is 0 Å². The molecule has 0 radical (unpaired) electrons. The van der Waals surface area contributed by atoms with E-state index in [9.17, 15) is 4.79 Å². The maximum atomic E-state index is 12.5. The lowest BCUT2D eigenvalue weighted by atomic mass is 10.1. The highest BCUT2D eigenvalue weighted by Crippen LogP contribution is 2.26. The van der Waals surface area contributed by atoms with Gasteiger partial charge in [0.2, 0.25) is 5.91 Å². The van der Waals surface area contributed by atoms with Crippen LogP contribution in [-0.4, -0.2) is 65.2 Å². The fraction of sp³-hybridized carbons (Fsp3) is 0.526. The number of ether oxygens (including phenoxy) is 2. The lowest BCUT2D eigenvalue weighted by Crippen LogP contribution is -2.36. The molecule has 7 nitrogen and oxygen atoms in total. The van der Waals surface area contributed by atoms with Crippen molar-refractivity contribution in [3.8, 4) is 17.1 Å². The lowest BCUT2D eigenvalue weighted by molar-refractivity contribution is -0.129. The Balaban J connectivity index is 1.73. The second-order valence-electron chi connectivity index (χ2n) is 6.41. The van der Waals surface area contributed by atoms with Gasteiger partial charge in [-0.2, -0.15) is 0 Å². The van der Waals surface area contributed by atoms with E-state index in [2.05, 4.69) is 10.2 Å². The Hall–Kier alpha value is -2.06. The molecule has 1 amide bonds. The monoisotopic (exact) mass is 390 g/mol. The van der Waals surface area contributed by atoms with E-state index in [0.29, 0.717) is 18.9 Å². The maximum absolute atomic E-state index is 12.5. The molecule has 2 aromatic rings. The van der Waals surface area contributed by atoms with E-state index >= 15 is 0 Å². The predicted molar refractivity (Wildman–Crippen MR) is 105 cm³/mol. The van der Waals surface area contributed by atoms with Crippen molar-refractivity contribution in [2.24, 2.45) is 0 Å². The fourth-order valence-electron chi connectivity index (χ4n) is 3.09. The van der Waals surface area contributed by atoms with Gasteiger partial charge in [-0.3, -0.25) is 9.36 Å². The second kappa shape index (κ2) is 9.75. The summed E-state index contributed by atoms with van der Waals surface area (Å²) in [7, 11) is 3.31. The number of hydrogen-bond acceptors (Lipinski definition) is 6. The van der Waals surface area contributed by atoms with Gasteiger partial charge in [-0.15, -0.1) is 10.2 Å². The SMILES string of the molecule is COCCn1c(SCC(=O)N2CCCCC2)nnc1-c1ccc(OC)cc1. The highest BCUT2D eigenvalue weighted by atomic mass is 32.2. The first-order valence-electron chi connectivity index (χ1n) is 9.20. The molecule has 1 aromatic carbocycles. The van der Waals surface area contributed by atoms with E-state index in [1.165, 1.54) is 18.2 Å². The summed E-state index contributed by atoms with van der Waals surface area (Å²) < 4.78 is 12.5. The average molecular weight is 391 g/mol. The summed E-state index contributed by atoms with van der Waals surface area (Å²) in [5.41, 5.74) is 0.952. The second-order valence-corrected chi connectivity index (χ2v) is 7.35. The van der Waals surface area contributed by atoms with Crippen LogP contribution in [0.3, 0.4) is 0 Å². The van der Waals surface area contributed by atoms with Crippen LogP contribution in [0.1, 0.15) is 19.3 Å². The Bertz CT molecular complexity index is 742. The van der Waals surface area contributed by atoms with E-state index in [1.54, 1.807) is 14.2 Å². The van der Waals surface area contributed by atoms with Crippen molar-refractivity contribution in [3.63, 3.8) is 0 Å². The zero-order valence-corrected chi connectivity index (χ0v) is 16.7. The molecule has 0 aliphatic carbocycles. The molecule has 1 aromatic heterocycles. The van der Waals surface area contributed by atoms with Gasteiger partial charge in [-0.1, -0.05) is 11.8 Å². The third-order valence-electron chi connectivity index (χ3n) is 4.62. The molecule has 3 rings (SSSR count). The van der Waals surface area contributed by atoms with Crippen LogP contribution in [0, 0.1) is 0 Å². The van der Waals surface area contributed by atoms with E-state index in [-0.39, 0.29) is 5.91 Å². The van der Waals surface area contributed by atoms with Crippen molar-refractivity contribution < 1.29 is 14.3 Å². The summed E-state index contributed by atoms with van der Waals surface area (Å²) >= 11 is 1.44. The number of carbonyl (C=O) groups is 1. The third kappa shape index (κ3) is 5.01. The minimum absolute atomic E-state index is 0.173. The Morgan fingerprint density at radius 2 is 1.85 bits per heavy atom. The summed E-state index contributed by atoms with van der Waals surface area (Å²) in [6.45, 7) is 2.92. The molecular formula is C19H26N4O3S. The third-order valence-corrected chi connectivity index (χ3v) is 5.57. The van der Waals surface area contributed by atoms with Crippen LogP contribution < -0.4 is 4.74 Å². The van der Waals surface area contributed by atoms with Gasteiger partial charge in [0.1, 0.15) is 5.75 Å². The first kappa shape index (κ1) is 19.7. The standard InChI is InChI=1S/C19H26N4O3S/c1-25-13-12-23-18(15-6-8-16(26-2)9-7-15)20-21-19(23)27-14-17(24)22-10-4-3-5-11-22/h6-9H,3-5,10-14H2,1-2H3. The molecular weight excluding hydrogens is 364 g/mol. The van der Waals surface area contributed by atoms with Gasteiger partial charge in [-0.25, -0.2) is 0 Å². The van der Waals surface area contributed by atoms with Crippen molar-refractivity contribution in [3.05, 3.63) is 24.3 Å². The van der Waals surface area contributed by atoms with Crippen molar-refractivity contribution in [2.75, 3.05) is 39.7 Å². The number of carbonyl (C=O) groups excluding carboxylic acids is 1. The zero-order chi connectivity index (χ0) is 19.1. The van der Waals surface area contributed by atoms with Crippen molar-refractivity contribution in [1.82, 2.24) is 19.7 Å². The van der Waals surface area contributed by atoms with Crippen molar-refractivity contribution >= 4 is 17.7 Å². The molecule has 0 saturated carbocycles. The van der Waals surface area contributed by atoms with E-state index < -0.39 is 0 Å². The number of rotatable bonds is 8. The molecule has 1 aliphatic heterocycles. The van der Waals surface area contributed by atoms with Gasteiger partial charge in [0.15, 0.2) is 11.0 Å². The van der Waals surface area contributed by atoms with E-state index in [1.807, 2.05) is 33.7 Å². The molecule has 146 valence electrons. The number of methoxy groups -OCH3 is 2. The minimum Gasteiger partial charge on any atom is -0.497 e. The summed E-state index contributed by atoms with van der Waals surface area (Å²) in [5, 5.41) is 9.42. The molecule has 1 aliphatic rings. The molecule has 2 heterocycles. The Labute approximate surface area is 164 Å². The summed E-state index contributed by atoms with van der Waals surface area (Å²) in [4.78, 5) is 14.4. The molecule has 0 atom stereocenters. The normalized spacial score (nSPS) is 14.4.